The lowest BCUT2D eigenvalue weighted by molar-refractivity contribution is -0.384. The smallest absolute Gasteiger partial charge is 0.270 e. The summed E-state index contributed by atoms with van der Waals surface area (Å²) >= 11 is 0. The van der Waals surface area contributed by atoms with Gasteiger partial charge in [0.1, 0.15) is 11.5 Å². The van der Waals surface area contributed by atoms with Crippen molar-refractivity contribution in [3.63, 3.8) is 0 Å². The highest BCUT2D eigenvalue weighted by molar-refractivity contribution is 6.25. The van der Waals surface area contributed by atoms with Crippen LogP contribution in [0.5, 0.6) is 11.5 Å². The van der Waals surface area contributed by atoms with Gasteiger partial charge >= 0.3 is 0 Å². The fourth-order valence-corrected chi connectivity index (χ4v) is 2.88. The zero-order chi connectivity index (χ0) is 20.4. The largest absolute Gasteiger partial charge is 0.449 e. The maximum absolute atomic E-state index is 13.1. The van der Waals surface area contributed by atoms with Crippen molar-refractivity contribution in [3.8, 4) is 11.5 Å². The Kier molecular flexibility index (Phi) is 4.62. The van der Waals surface area contributed by atoms with Crippen LogP contribution in [0.2, 0.25) is 0 Å². The van der Waals surface area contributed by atoms with Crippen LogP contribution in [0.15, 0.2) is 90.4 Å². The summed E-state index contributed by atoms with van der Waals surface area (Å²) in [4.78, 5) is 36.6. The van der Waals surface area contributed by atoms with Crippen molar-refractivity contribution in [1.29, 1.82) is 0 Å². The third kappa shape index (κ3) is 3.49. The molecule has 0 saturated carbocycles. The Balaban J connectivity index is 1.84. The topological polar surface area (TPSA) is 95.7 Å². The molecule has 4 rings (SSSR count). The molecule has 29 heavy (non-hydrogen) atoms. The van der Waals surface area contributed by atoms with E-state index in [-0.39, 0.29) is 28.3 Å². The van der Waals surface area contributed by atoms with E-state index < -0.39 is 16.5 Å². The zero-order valence-electron chi connectivity index (χ0n) is 14.9. The molecule has 0 spiro atoms. The number of allylic oxidation sites excluding steroid dienone is 2. The first kappa shape index (κ1) is 18.1. The van der Waals surface area contributed by atoms with Gasteiger partial charge in [0, 0.05) is 23.3 Å². The Morgan fingerprint density at radius 3 is 1.62 bits per heavy atom. The normalized spacial score (nSPS) is 13.1. The summed E-state index contributed by atoms with van der Waals surface area (Å²) in [5.74, 6) is -1.18. The minimum atomic E-state index is -0.668. The van der Waals surface area contributed by atoms with Crippen molar-refractivity contribution < 1.29 is 24.0 Å². The number of nitrogens with zero attached hydrogens (tertiary/aromatic N) is 1. The van der Waals surface area contributed by atoms with Crippen LogP contribution in [-0.2, 0) is 0 Å². The average Bonchev–Trinajstić information content (AvgIpc) is 2.75. The Labute approximate surface area is 165 Å². The molecule has 0 aromatic heterocycles. The Bertz CT molecular complexity index is 1150. The number of Topliss-reactive ketones (excluding diaryl/α,β-unsaturated/α-hetero) is 2. The fraction of sp³-hybridized carbons (Fsp3) is 0. The van der Waals surface area contributed by atoms with E-state index in [0.717, 1.165) is 6.07 Å². The van der Waals surface area contributed by atoms with Gasteiger partial charge < -0.3 is 9.47 Å². The second kappa shape index (κ2) is 7.40. The molecule has 0 heterocycles. The third-order valence-corrected chi connectivity index (χ3v) is 4.25. The maximum atomic E-state index is 13.1. The highest BCUT2D eigenvalue weighted by atomic mass is 16.6. The zero-order valence-corrected chi connectivity index (χ0v) is 14.9. The second-order valence-corrected chi connectivity index (χ2v) is 6.13. The summed E-state index contributed by atoms with van der Waals surface area (Å²) in [6.07, 6.45) is 0. The monoisotopic (exact) mass is 387 g/mol. The Morgan fingerprint density at radius 2 is 1.14 bits per heavy atom. The number of carbonyl (C=O) groups excluding carboxylic acids is 2. The Hall–Kier alpha value is -4.26. The summed E-state index contributed by atoms with van der Waals surface area (Å²) in [5.41, 5.74) is -0.376. The minimum absolute atomic E-state index is 0.0203. The molecule has 3 aromatic carbocycles. The van der Waals surface area contributed by atoms with Crippen molar-refractivity contribution in [1.82, 2.24) is 0 Å². The molecule has 7 heteroatoms. The number of benzene rings is 3. The molecule has 142 valence electrons. The van der Waals surface area contributed by atoms with Crippen molar-refractivity contribution in [3.05, 3.63) is 112 Å². The van der Waals surface area contributed by atoms with Crippen LogP contribution in [0.3, 0.4) is 0 Å². The van der Waals surface area contributed by atoms with Crippen molar-refractivity contribution in [2.75, 3.05) is 0 Å². The number of rotatable bonds is 5. The van der Waals surface area contributed by atoms with Crippen LogP contribution < -0.4 is 9.47 Å². The van der Waals surface area contributed by atoms with Gasteiger partial charge in [-0.25, -0.2) is 0 Å². The molecule has 3 aromatic rings. The van der Waals surface area contributed by atoms with E-state index in [4.69, 9.17) is 9.47 Å². The van der Waals surface area contributed by atoms with Crippen LogP contribution in [0.4, 0.5) is 5.69 Å². The van der Waals surface area contributed by atoms with Gasteiger partial charge in [-0.05, 0) is 30.3 Å². The number of para-hydroxylation sites is 2. The number of carbonyl (C=O) groups is 2. The van der Waals surface area contributed by atoms with Gasteiger partial charge in [0.15, 0.2) is 0 Å². The van der Waals surface area contributed by atoms with Crippen molar-refractivity contribution >= 4 is 17.3 Å². The lowest BCUT2D eigenvalue weighted by Gasteiger charge is -2.21. The molecule has 0 radical (unpaired) electrons. The maximum Gasteiger partial charge on any atom is 0.270 e. The molecule has 1 aliphatic carbocycles. The van der Waals surface area contributed by atoms with E-state index in [1.165, 1.54) is 12.1 Å². The summed E-state index contributed by atoms with van der Waals surface area (Å²) in [6, 6.07) is 20.4. The van der Waals surface area contributed by atoms with E-state index in [9.17, 15) is 19.7 Å². The van der Waals surface area contributed by atoms with Crippen LogP contribution >= 0.6 is 0 Å². The van der Waals surface area contributed by atoms with E-state index in [0.29, 0.717) is 11.5 Å². The number of hydrogen-bond donors (Lipinski definition) is 0. The summed E-state index contributed by atoms with van der Waals surface area (Å²) < 4.78 is 11.4. The summed E-state index contributed by atoms with van der Waals surface area (Å²) in [7, 11) is 0. The molecule has 1 aliphatic rings. The highest BCUT2D eigenvalue weighted by Crippen LogP contribution is 2.32. The average molecular weight is 387 g/mol. The van der Waals surface area contributed by atoms with Crippen LogP contribution in [0.1, 0.15) is 20.7 Å². The van der Waals surface area contributed by atoms with Gasteiger partial charge in [-0.2, -0.15) is 0 Å². The molecule has 0 aliphatic heterocycles. The van der Waals surface area contributed by atoms with Crippen LogP contribution in [0, 0.1) is 10.1 Å². The molecule has 0 N–H and O–H groups in total. The predicted molar refractivity (Wildman–Crippen MR) is 103 cm³/mol. The van der Waals surface area contributed by atoms with Crippen LogP contribution in [0.25, 0.3) is 0 Å². The number of fused-ring (bicyclic) bond motifs is 1. The summed E-state index contributed by atoms with van der Waals surface area (Å²) in [6.45, 7) is 0. The number of hydrogen-bond acceptors (Lipinski definition) is 6. The van der Waals surface area contributed by atoms with Crippen LogP contribution in [-0.4, -0.2) is 16.5 Å². The summed E-state index contributed by atoms with van der Waals surface area (Å²) in [5, 5.41) is 11.1. The second-order valence-electron chi connectivity index (χ2n) is 6.13. The number of nitro benzene ring substituents is 1. The van der Waals surface area contributed by atoms with Gasteiger partial charge in [-0.1, -0.05) is 36.4 Å². The predicted octanol–water partition coefficient (Wildman–Crippen LogP) is 4.34. The lowest BCUT2D eigenvalue weighted by atomic mass is 9.91. The molecular formula is C22H13NO6. The molecule has 0 fully saturated rings. The van der Waals surface area contributed by atoms with Crippen molar-refractivity contribution in [2.45, 2.75) is 0 Å². The molecular weight excluding hydrogens is 374 g/mol. The van der Waals surface area contributed by atoms with Crippen molar-refractivity contribution in [2.24, 2.45) is 0 Å². The molecule has 0 amide bonds. The van der Waals surface area contributed by atoms with Gasteiger partial charge in [-0.15, -0.1) is 0 Å². The number of ether oxygens (including phenoxy) is 2. The Morgan fingerprint density at radius 1 is 0.655 bits per heavy atom. The lowest BCUT2D eigenvalue weighted by Crippen LogP contribution is -2.28. The minimum Gasteiger partial charge on any atom is -0.449 e. The number of ketones is 2. The first-order valence-electron chi connectivity index (χ1n) is 8.62. The standard InChI is InChI=1S/C22H13NO6/c24-19-17-12-11-14(23(26)27)13-18(17)20(25)22(29-16-9-5-2-6-10-16)21(19)28-15-7-3-1-4-8-15/h1-13H. The molecule has 0 atom stereocenters. The SMILES string of the molecule is O=C1C(Oc2ccccc2)=C(Oc2ccccc2)C(=O)c2cc([N+](=O)[O-])ccc21. The quantitative estimate of drug-likeness (QED) is 0.477. The fourth-order valence-electron chi connectivity index (χ4n) is 2.88. The van der Waals surface area contributed by atoms with Gasteiger partial charge in [-0.3, -0.25) is 19.7 Å². The molecule has 0 bridgehead atoms. The van der Waals surface area contributed by atoms with E-state index in [2.05, 4.69) is 0 Å². The third-order valence-electron chi connectivity index (χ3n) is 4.25. The highest BCUT2D eigenvalue weighted by Gasteiger charge is 2.37. The number of non-ortho nitro benzene ring substituents is 1. The van der Waals surface area contributed by atoms with Gasteiger partial charge in [0.2, 0.25) is 23.1 Å². The molecule has 7 nitrogen and oxygen atoms in total. The van der Waals surface area contributed by atoms with E-state index in [1.54, 1.807) is 60.7 Å². The first-order chi connectivity index (χ1) is 14.0. The molecule has 0 unspecified atom stereocenters. The first-order valence-corrected chi connectivity index (χ1v) is 8.62. The van der Waals surface area contributed by atoms with E-state index in [1.807, 2.05) is 0 Å². The molecule has 0 saturated heterocycles. The number of nitro groups is 1. The van der Waals surface area contributed by atoms with E-state index >= 15 is 0 Å². The van der Waals surface area contributed by atoms with Gasteiger partial charge in [0.25, 0.3) is 5.69 Å². The van der Waals surface area contributed by atoms with Gasteiger partial charge in [0.05, 0.1) is 4.92 Å².